The highest BCUT2D eigenvalue weighted by molar-refractivity contribution is 6.33. The summed E-state index contributed by atoms with van der Waals surface area (Å²) in [6.45, 7) is 3.23. The van der Waals surface area contributed by atoms with Gasteiger partial charge < -0.3 is 15.3 Å². The number of aliphatic carboxylic acids is 1. The number of hydrogen-bond acceptors (Lipinski definition) is 5. The summed E-state index contributed by atoms with van der Waals surface area (Å²) in [4.78, 5) is 34.9. The molecule has 0 aliphatic carbocycles. The smallest absolute Gasteiger partial charge is 0.308 e. The normalized spacial score (nSPS) is 16.0. The lowest BCUT2D eigenvalue weighted by Crippen LogP contribution is -2.36. The third-order valence-electron chi connectivity index (χ3n) is 4.67. The van der Waals surface area contributed by atoms with Crippen molar-refractivity contribution in [3.8, 4) is 0 Å². The highest BCUT2D eigenvalue weighted by Gasteiger charge is 2.28. The minimum absolute atomic E-state index is 0.0482. The van der Waals surface area contributed by atoms with Crippen molar-refractivity contribution in [1.29, 1.82) is 0 Å². The van der Waals surface area contributed by atoms with Crippen LogP contribution in [0.1, 0.15) is 41.9 Å². The molecular weight excluding hydrogens is 368 g/mol. The van der Waals surface area contributed by atoms with Crippen molar-refractivity contribution < 1.29 is 14.7 Å². The number of halogens is 1. The van der Waals surface area contributed by atoms with Crippen LogP contribution in [0.25, 0.3) is 0 Å². The van der Waals surface area contributed by atoms with Gasteiger partial charge >= 0.3 is 5.97 Å². The van der Waals surface area contributed by atoms with Gasteiger partial charge in [0.25, 0.3) is 5.91 Å². The molecule has 7 nitrogen and oxygen atoms in total. The highest BCUT2D eigenvalue weighted by atomic mass is 35.5. The zero-order chi connectivity index (χ0) is 19.4. The van der Waals surface area contributed by atoms with Gasteiger partial charge in [0.15, 0.2) is 5.69 Å². The Balaban J connectivity index is 1.87. The van der Waals surface area contributed by atoms with Crippen LogP contribution in [0, 0.1) is 5.92 Å². The molecule has 1 aromatic carbocycles. The van der Waals surface area contributed by atoms with Crippen molar-refractivity contribution in [3.63, 3.8) is 0 Å². The van der Waals surface area contributed by atoms with Gasteiger partial charge in [-0.25, -0.2) is 9.97 Å². The topological polar surface area (TPSA) is 95.4 Å². The van der Waals surface area contributed by atoms with Gasteiger partial charge in [0.05, 0.1) is 23.2 Å². The lowest BCUT2D eigenvalue weighted by Gasteiger charge is -2.23. The molecule has 3 rings (SSSR count). The second-order valence-corrected chi connectivity index (χ2v) is 6.96. The molecule has 1 aliphatic rings. The van der Waals surface area contributed by atoms with Crippen LogP contribution in [-0.4, -0.2) is 40.0 Å². The standard InChI is InChI=1S/C19H21ClN4O3/c1-12(18(26)27)15(13-7-3-2-4-8-13)22-17(25)16-14(20)11-21-19(23-16)24-9-5-6-10-24/h2-4,7-8,11-12,15H,5-6,9-10H2,1H3,(H,22,25)(H,26,27)/t12-,15+/m0/s1. The van der Waals surface area contributed by atoms with Crippen molar-refractivity contribution in [1.82, 2.24) is 15.3 Å². The number of carboxylic acid groups (broad SMARTS) is 1. The number of anilines is 1. The van der Waals surface area contributed by atoms with E-state index in [4.69, 9.17) is 11.6 Å². The van der Waals surface area contributed by atoms with Crippen LogP contribution in [0.4, 0.5) is 5.95 Å². The number of aromatic nitrogens is 2. The van der Waals surface area contributed by atoms with E-state index < -0.39 is 23.8 Å². The Labute approximate surface area is 162 Å². The van der Waals surface area contributed by atoms with Gasteiger partial charge in [0.1, 0.15) is 0 Å². The first-order valence-electron chi connectivity index (χ1n) is 8.83. The van der Waals surface area contributed by atoms with Crippen LogP contribution < -0.4 is 10.2 Å². The molecule has 2 N–H and O–H groups in total. The van der Waals surface area contributed by atoms with Crippen molar-refractivity contribution in [2.24, 2.45) is 5.92 Å². The second-order valence-electron chi connectivity index (χ2n) is 6.55. The van der Waals surface area contributed by atoms with E-state index >= 15 is 0 Å². The molecule has 142 valence electrons. The largest absolute Gasteiger partial charge is 0.481 e. The van der Waals surface area contributed by atoms with Crippen molar-refractivity contribution in [2.75, 3.05) is 18.0 Å². The first kappa shape index (κ1) is 19.1. The lowest BCUT2D eigenvalue weighted by atomic mass is 9.94. The predicted molar refractivity (Wildman–Crippen MR) is 102 cm³/mol. The third-order valence-corrected chi connectivity index (χ3v) is 4.95. The molecule has 0 saturated carbocycles. The maximum absolute atomic E-state index is 12.8. The fourth-order valence-corrected chi connectivity index (χ4v) is 3.27. The van der Waals surface area contributed by atoms with Gasteiger partial charge in [-0.15, -0.1) is 0 Å². The Morgan fingerprint density at radius 1 is 1.22 bits per heavy atom. The summed E-state index contributed by atoms with van der Waals surface area (Å²) < 4.78 is 0. The van der Waals surface area contributed by atoms with E-state index in [9.17, 15) is 14.7 Å². The quantitative estimate of drug-likeness (QED) is 0.790. The summed E-state index contributed by atoms with van der Waals surface area (Å²) in [6, 6.07) is 8.27. The van der Waals surface area contributed by atoms with E-state index in [2.05, 4.69) is 15.3 Å². The minimum atomic E-state index is -1.00. The van der Waals surface area contributed by atoms with E-state index in [1.807, 2.05) is 11.0 Å². The van der Waals surface area contributed by atoms with Crippen LogP contribution in [0.5, 0.6) is 0 Å². The van der Waals surface area contributed by atoms with Gasteiger partial charge in [-0.3, -0.25) is 9.59 Å². The summed E-state index contributed by atoms with van der Waals surface area (Å²) in [5, 5.41) is 12.3. The van der Waals surface area contributed by atoms with Crippen LogP contribution in [-0.2, 0) is 4.79 Å². The van der Waals surface area contributed by atoms with Gasteiger partial charge in [-0.05, 0) is 25.3 Å². The van der Waals surface area contributed by atoms with Gasteiger partial charge in [0, 0.05) is 13.1 Å². The average Bonchev–Trinajstić information content (AvgIpc) is 3.21. The third kappa shape index (κ3) is 4.36. The SMILES string of the molecule is C[C@H](C(=O)O)[C@@H](NC(=O)c1nc(N2CCCC2)ncc1Cl)c1ccccc1. The van der Waals surface area contributed by atoms with Crippen LogP contribution >= 0.6 is 11.6 Å². The fraction of sp³-hybridized carbons (Fsp3) is 0.368. The summed E-state index contributed by atoms with van der Waals surface area (Å²) in [5.41, 5.74) is 0.748. The summed E-state index contributed by atoms with van der Waals surface area (Å²) in [7, 11) is 0. The number of nitrogens with zero attached hydrogens (tertiary/aromatic N) is 3. The number of rotatable bonds is 6. The molecule has 8 heteroatoms. The maximum Gasteiger partial charge on any atom is 0.308 e. The monoisotopic (exact) mass is 388 g/mol. The molecule has 0 radical (unpaired) electrons. The minimum Gasteiger partial charge on any atom is -0.481 e. The molecule has 1 saturated heterocycles. The van der Waals surface area contributed by atoms with Gasteiger partial charge in [0.2, 0.25) is 5.95 Å². The average molecular weight is 389 g/mol. The van der Waals surface area contributed by atoms with E-state index in [0.717, 1.165) is 25.9 Å². The fourth-order valence-electron chi connectivity index (χ4n) is 3.10. The lowest BCUT2D eigenvalue weighted by molar-refractivity contribution is -0.142. The molecule has 27 heavy (non-hydrogen) atoms. The Bertz CT molecular complexity index is 825. The number of nitrogens with one attached hydrogen (secondary N) is 1. The molecule has 1 amide bonds. The van der Waals surface area contributed by atoms with Crippen LogP contribution in [0.15, 0.2) is 36.5 Å². The van der Waals surface area contributed by atoms with Gasteiger partial charge in [-0.2, -0.15) is 0 Å². The van der Waals surface area contributed by atoms with Gasteiger partial charge in [-0.1, -0.05) is 41.9 Å². The Kier molecular flexibility index (Phi) is 5.91. The second kappa shape index (κ2) is 8.35. The van der Waals surface area contributed by atoms with Crippen molar-refractivity contribution in [2.45, 2.75) is 25.8 Å². The molecule has 0 spiro atoms. The van der Waals surface area contributed by atoms with E-state index in [0.29, 0.717) is 11.5 Å². The number of benzene rings is 1. The zero-order valence-corrected chi connectivity index (χ0v) is 15.7. The van der Waals surface area contributed by atoms with Crippen molar-refractivity contribution in [3.05, 3.63) is 52.8 Å². The number of hydrogen-bond donors (Lipinski definition) is 2. The maximum atomic E-state index is 12.8. The molecule has 2 atom stereocenters. The summed E-state index contributed by atoms with van der Waals surface area (Å²) in [5.74, 6) is -1.89. The van der Waals surface area contributed by atoms with E-state index in [1.165, 1.54) is 6.20 Å². The molecule has 2 heterocycles. The summed E-state index contributed by atoms with van der Waals surface area (Å²) in [6.07, 6.45) is 3.52. The number of carbonyl (C=O) groups excluding carboxylic acids is 1. The highest BCUT2D eigenvalue weighted by Crippen LogP contribution is 2.25. The molecule has 1 aliphatic heterocycles. The first-order valence-corrected chi connectivity index (χ1v) is 9.21. The van der Waals surface area contributed by atoms with Crippen molar-refractivity contribution >= 4 is 29.4 Å². The number of carboxylic acids is 1. The molecule has 0 unspecified atom stereocenters. The molecule has 2 aromatic rings. The summed E-state index contributed by atoms with van der Waals surface area (Å²) >= 11 is 6.15. The zero-order valence-electron chi connectivity index (χ0n) is 14.9. The van der Waals surface area contributed by atoms with Crippen LogP contribution in [0.2, 0.25) is 5.02 Å². The Morgan fingerprint density at radius 2 is 1.89 bits per heavy atom. The predicted octanol–water partition coefficient (Wildman–Crippen LogP) is 2.92. The Morgan fingerprint density at radius 3 is 2.52 bits per heavy atom. The Hall–Kier alpha value is -2.67. The first-order chi connectivity index (χ1) is 13.0. The van der Waals surface area contributed by atoms with E-state index in [-0.39, 0.29) is 10.7 Å². The molecule has 0 bridgehead atoms. The van der Waals surface area contributed by atoms with Crippen LogP contribution in [0.3, 0.4) is 0 Å². The molecule has 1 aromatic heterocycles. The number of amides is 1. The van der Waals surface area contributed by atoms with E-state index in [1.54, 1.807) is 31.2 Å². The number of carbonyl (C=O) groups is 2. The molecule has 1 fully saturated rings. The molecular formula is C19H21ClN4O3.